The number of aromatic nitrogens is 4. The molecule has 478 valence electrons. The van der Waals surface area contributed by atoms with Crippen molar-refractivity contribution in [3.8, 4) is 50.9 Å². The van der Waals surface area contributed by atoms with Crippen molar-refractivity contribution in [1.82, 2.24) is 14.1 Å². The maximum absolute atomic E-state index is 11.2. The molecule has 0 radical (unpaired) electrons. The Morgan fingerprint density at radius 2 is 0.899 bits per heavy atom. The predicted molar refractivity (Wildman–Crippen MR) is 418 cm³/mol. The number of hydrogen-bond acceptors (Lipinski definition) is 2. The van der Waals surface area contributed by atoms with Crippen LogP contribution in [0.25, 0.3) is 72.3 Å². The third kappa shape index (κ3) is 11.1. The summed E-state index contributed by atoms with van der Waals surface area (Å²) in [4.78, 5) is 4.86. The fourth-order valence-electron chi connectivity index (χ4n) is 13.0. The normalized spacial score (nSPS) is 16.9. The van der Waals surface area contributed by atoms with E-state index in [9.17, 15) is 38.4 Å². The van der Waals surface area contributed by atoms with Gasteiger partial charge in [-0.25, -0.2) is 4.98 Å². The maximum atomic E-state index is 11.2. The number of para-hydroxylation sites is 2. The summed E-state index contributed by atoms with van der Waals surface area (Å²) in [6.07, 6.45) is 5.20. The van der Waals surface area contributed by atoms with Gasteiger partial charge in [0.15, 0.2) is 16.1 Å². The highest BCUT2D eigenvalue weighted by Crippen LogP contribution is 2.39. The lowest BCUT2D eigenvalue weighted by molar-refractivity contribution is -0.571. The molecule has 5 nitrogen and oxygen atoms in total. The lowest BCUT2D eigenvalue weighted by atomic mass is 9.85. The summed E-state index contributed by atoms with van der Waals surface area (Å²) in [6, 6.07) is 0.595. The molecule has 16 aromatic rings. The number of hydrogen-bond donors (Lipinski definition) is 0. The van der Waals surface area contributed by atoms with E-state index in [0.717, 1.165) is 21.9 Å². The summed E-state index contributed by atoms with van der Waals surface area (Å²) in [7, 11) is -12.6. The van der Waals surface area contributed by atoms with Gasteiger partial charge in [-0.2, -0.15) is 0 Å². The predicted octanol–water partition coefficient (Wildman–Crippen LogP) is 16.7. The van der Waals surface area contributed by atoms with Crippen molar-refractivity contribution in [2.75, 3.05) is 0 Å². The van der Waals surface area contributed by atoms with Crippen LogP contribution >= 0.6 is 0 Å². The van der Waals surface area contributed by atoms with Crippen molar-refractivity contribution in [2.45, 2.75) is 52.4 Å². The minimum Gasteiger partial charge on any atom is -0.458 e. The highest BCUT2D eigenvalue weighted by atomic mass is 28.3. The average molecular weight is 1340 g/mol. The molecule has 0 atom stereocenters. The molecule has 0 spiro atoms. The zero-order valence-electron chi connectivity index (χ0n) is 88.1. The minimum absolute atomic E-state index is 0.0783. The molecule has 0 N–H and O–H groups in total. The van der Waals surface area contributed by atoms with Crippen molar-refractivity contribution in [3.05, 3.63) is 369 Å². The largest absolute Gasteiger partial charge is 0.458 e. The van der Waals surface area contributed by atoms with Crippen LogP contribution in [-0.2, 0) is 10.8 Å². The first-order valence-electron chi connectivity index (χ1n) is 48.5. The van der Waals surface area contributed by atoms with E-state index >= 15 is 0 Å². The summed E-state index contributed by atoms with van der Waals surface area (Å²) in [5, 5.41) is -5.63. The average Bonchev–Trinajstić information content (AvgIpc) is 1.45. The lowest BCUT2D eigenvalue weighted by Crippen LogP contribution is -2.74. The number of imidazole rings is 1. The van der Waals surface area contributed by atoms with Gasteiger partial charge < -0.3 is 4.74 Å². The monoisotopic (exact) mass is 1340 g/mol. The number of nitrogens with zero attached hydrogens (tertiary/aromatic N) is 4. The first-order chi connectivity index (χ1) is 62.4. The van der Waals surface area contributed by atoms with Gasteiger partial charge in [0.2, 0.25) is 0 Å². The van der Waals surface area contributed by atoms with Crippen LogP contribution in [-0.4, -0.2) is 30.3 Å². The van der Waals surface area contributed by atoms with Gasteiger partial charge in [-0.05, 0) is 134 Å². The summed E-state index contributed by atoms with van der Waals surface area (Å²) in [5.41, 5.74) is 1.27. The number of benzene rings is 13. The fourth-order valence-corrected chi connectivity index (χ4v) is 20.4. The summed E-state index contributed by atoms with van der Waals surface area (Å²) >= 11 is 0. The molecule has 0 saturated heterocycles. The molecular formula is C92H76N4OSi2. The Hall–Kier alpha value is -11.5. The van der Waals surface area contributed by atoms with Crippen molar-refractivity contribution in [3.63, 3.8) is 0 Å². The lowest BCUT2D eigenvalue weighted by Gasteiger charge is -2.34. The Balaban J connectivity index is 1.11. The molecule has 0 saturated carbocycles. The fraction of sp³-hybridized carbons (Fsp3) is 0.0870. The summed E-state index contributed by atoms with van der Waals surface area (Å²) in [6.45, 7) is 12.0. The first-order valence-corrected chi connectivity index (χ1v) is 35.5. The second kappa shape index (κ2) is 25.5. The van der Waals surface area contributed by atoms with Crippen molar-refractivity contribution < 1.29 is 55.9 Å². The van der Waals surface area contributed by atoms with Crippen molar-refractivity contribution in [1.29, 1.82) is 0 Å². The second-order valence-corrected chi connectivity index (χ2v) is 32.6. The second-order valence-electron chi connectivity index (χ2n) is 25.5. The molecule has 0 fully saturated rings. The molecule has 0 aliphatic heterocycles. The molecule has 99 heavy (non-hydrogen) atoms. The number of fused-ring (bicyclic) bond motifs is 4. The van der Waals surface area contributed by atoms with E-state index in [0.29, 0.717) is 22.5 Å². The van der Waals surface area contributed by atoms with Gasteiger partial charge in [-0.3, -0.25) is 13.7 Å². The van der Waals surface area contributed by atoms with Crippen molar-refractivity contribution in [2.24, 2.45) is 0 Å². The van der Waals surface area contributed by atoms with E-state index in [4.69, 9.17) is 17.9 Å². The SMILES string of the molecule is [2H]c1c([2H])c([2H])c([Si](c2ccc3c(c2)n(-c2cccc(Oc4ccc5c6ccccc6n(-c6cc(C(C)(C)C)ccn6)c5c4)c2)[c-][n+]3-c2c(-c3cccc(C(C)(C)C)c3)cccc2-c2c([2H])c([2H])c([2H])c([Si](c3c([2H])c([2H])c([2H])c([2H])c3[2H])(c3c([2H])c([2H])c([2H])c([2H])c3[2H])c3c([2H])c([2H])c([2H])c([2H])c3[2H])c2[2H])(c2c([2H])c([2H])c([2H])c([2H])c2[2H])c2c([2H])c([2H])c([2H])c([2H])c2[2H])c([2H])c1[2H]. The third-order valence-electron chi connectivity index (χ3n) is 17.7. The molecule has 3 heterocycles. The Bertz CT molecular complexity index is 7280. The van der Waals surface area contributed by atoms with Crippen LogP contribution in [0.5, 0.6) is 11.5 Å². The molecule has 0 aliphatic rings. The van der Waals surface area contributed by atoms with Crippen LogP contribution in [0.3, 0.4) is 0 Å². The quantitative estimate of drug-likeness (QED) is 0.0444. The molecule has 0 amide bonds. The van der Waals surface area contributed by atoms with Gasteiger partial charge >= 0.3 is 0 Å². The molecule has 0 unspecified atom stereocenters. The Morgan fingerprint density at radius 1 is 0.394 bits per heavy atom. The zero-order valence-corrected chi connectivity index (χ0v) is 56.1. The molecule has 16 rings (SSSR count). The van der Waals surface area contributed by atoms with Gasteiger partial charge in [0.25, 0.3) is 6.33 Å². The molecule has 7 heteroatoms. The van der Waals surface area contributed by atoms with Gasteiger partial charge in [0.1, 0.15) is 17.3 Å². The molecule has 3 aromatic heterocycles. The third-order valence-corrected chi connectivity index (χ3v) is 25.9. The van der Waals surface area contributed by atoms with Crippen LogP contribution in [0.2, 0.25) is 0 Å². The smallest absolute Gasteiger partial charge is 0.269 e. The van der Waals surface area contributed by atoms with Crippen LogP contribution in [0.4, 0.5) is 0 Å². The van der Waals surface area contributed by atoms with Gasteiger partial charge in [0, 0.05) is 23.0 Å². The Kier molecular flexibility index (Phi) is 9.05. The van der Waals surface area contributed by atoms with E-state index in [-0.39, 0.29) is 55.6 Å². The topological polar surface area (TPSA) is 35.9 Å². The highest BCUT2D eigenvalue weighted by molar-refractivity contribution is 7.20. The molecule has 13 aromatic carbocycles. The zero-order chi connectivity index (χ0) is 96.9. The van der Waals surface area contributed by atoms with Crippen LogP contribution in [0.15, 0.2) is 351 Å². The van der Waals surface area contributed by atoms with E-state index < -0.39 is 269 Å². The number of rotatable bonds is 15. The number of ether oxygens (including phenoxy) is 1. The standard InChI is InChI=1S/C92H76N4OSi2/c1-91(2,3)68-33-27-31-66(59-68)81-50-30-51-82(67-32-28-48-79(60-67)98(73-36-13-7-14-37-73,74-38-15-8-16-39-74)75-40-17-9-18-41-75)90(81)95-65-94(88-64-80(54-56-86(88)95)99(76-42-19-10-20-43-76,77-44-21-11-22-45-77)78-46-23-12-24-47-78)70-34-29-35-71(62-70)97-72-53-55-84-83-49-25-26-52-85(83)96(87(84)63-72)89-61-69(57-58-93-89)92(4,5)6/h7-64H,1-6H3/i7D,8D,9D,10D,11D,12D,13D,14D,15D,16D,17D,18D,19D,20D,21D,22D,23D,24D,28D,32D,36D,37D,38D,39D,40D,41D,42D,43D,44D,45D,46D,47D,48D,60D. The molecular weight excluding hydrogens is 1230 g/mol. The first kappa shape index (κ1) is 35.1. The Morgan fingerprint density at radius 3 is 1.48 bits per heavy atom. The maximum Gasteiger partial charge on any atom is 0.269 e. The van der Waals surface area contributed by atoms with Gasteiger partial charge in [-0.1, -0.05) is 332 Å². The van der Waals surface area contributed by atoms with E-state index in [1.807, 2.05) is 86.0 Å². The van der Waals surface area contributed by atoms with Crippen LogP contribution < -0.4 is 50.8 Å². The van der Waals surface area contributed by atoms with Crippen LogP contribution in [0, 0.1) is 6.33 Å². The summed E-state index contributed by atoms with van der Waals surface area (Å²) in [5.74, 6) is 0.990. The van der Waals surface area contributed by atoms with Gasteiger partial charge in [0.05, 0.1) is 80.0 Å². The minimum atomic E-state index is -6.55. The number of pyridine rings is 1. The van der Waals surface area contributed by atoms with E-state index in [2.05, 4.69) is 27.1 Å². The Labute approximate surface area is 630 Å². The van der Waals surface area contributed by atoms with Gasteiger partial charge in [-0.15, -0.1) is 0 Å². The highest BCUT2D eigenvalue weighted by Gasteiger charge is 2.43. The summed E-state index contributed by atoms with van der Waals surface area (Å²) < 4.78 is 341. The molecule has 0 bridgehead atoms. The van der Waals surface area contributed by atoms with E-state index in [1.54, 1.807) is 54.7 Å². The van der Waals surface area contributed by atoms with E-state index in [1.165, 1.54) is 39.5 Å². The molecule has 0 aliphatic carbocycles. The van der Waals surface area contributed by atoms with Crippen LogP contribution in [0.1, 0.15) is 99.3 Å². The van der Waals surface area contributed by atoms with Crippen molar-refractivity contribution >= 4 is 90.5 Å².